The first-order valence-corrected chi connectivity index (χ1v) is 7.68. The van der Waals surface area contributed by atoms with Crippen molar-refractivity contribution in [2.24, 2.45) is 0 Å². The van der Waals surface area contributed by atoms with E-state index in [1.165, 1.54) is 0 Å². The molecular weight excluding hydrogens is 266 g/mol. The summed E-state index contributed by atoms with van der Waals surface area (Å²) in [5, 5.41) is 0. The van der Waals surface area contributed by atoms with Crippen molar-refractivity contribution in [1.82, 2.24) is 4.90 Å². The largest absolute Gasteiger partial charge is 0.496 e. The molecule has 0 N–H and O–H groups in total. The molecule has 4 heteroatoms. The number of hydrogen-bond donors (Lipinski definition) is 0. The second-order valence-electron chi connectivity index (χ2n) is 5.55. The molecular formula is C17H25NO3. The maximum Gasteiger partial charge on any atom is 0.222 e. The lowest BCUT2D eigenvalue weighted by Gasteiger charge is -2.19. The van der Waals surface area contributed by atoms with Gasteiger partial charge in [-0.25, -0.2) is 0 Å². The first-order valence-electron chi connectivity index (χ1n) is 7.68. The second kappa shape index (κ2) is 8.03. The molecule has 1 aromatic carbocycles. The lowest BCUT2D eigenvalue weighted by molar-refractivity contribution is -0.130. The van der Waals surface area contributed by atoms with Crippen LogP contribution < -0.4 is 4.74 Å². The molecule has 1 aromatic rings. The summed E-state index contributed by atoms with van der Waals surface area (Å²) in [5.74, 6) is 1.03. The van der Waals surface area contributed by atoms with Crippen LogP contribution in [0.5, 0.6) is 5.75 Å². The van der Waals surface area contributed by atoms with Gasteiger partial charge in [-0.1, -0.05) is 18.2 Å². The number of carbonyl (C=O) groups is 1. The van der Waals surface area contributed by atoms with Crippen LogP contribution in [0.1, 0.15) is 31.2 Å². The van der Waals surface area contributed by atoms with Gasteiger partial charge in [-0.2, -0.15) is 0 Å². The van der Waals surface area contributed by atoms with E-state index in [1.807, 2.05) is 36.2 Å². The van der Waals surface area contributed by atoms with Gasteiger partial charge in [-0.15, -0.1) is 0 Å². The number of para-hydroxylation sites is 1. The number of amides is 1. The highest BCUT2D eigenvalue weighted by molar-refractivity contribution is 5.76. The average Bonchev–Trinajstić information content (AvgIpc) is 3.03. The normalized spacial score (nSPS) is 17.7. The van der Waals surface area contributed by atoms with Crippen molar-refractivity contribution >= 4 is 5.91 Å². The van der Waals surface area contributed by atoms with Crippen molar-refractivity contribution < 1.29 is 14.3 Å². The monoisotopic (exact) mass is 291 g/mol. The predicted molar refractivity (Wildman–Crippen MR) is 82.5 cm³/mol. The molecule has 0 aromatic heterocycles. The molecule has 116 valence electrons. The molecule has 21 heavy (non-hydrogen) atoms. The molecule has 2 rings (SSSR count). The Morgan fingerprint density at radius 3 is 2.95 bits per heavy atom. The van der Waals surface area contributed by atoms with E-state index in [1.54, 1.807) is 7.11 Å². The molecule has 0 radical (unpaired) electrons. The number of methoxy groups -OCH3 is 1. The van der Waals surface area contributed by atoms with Crippen LogP contribution in [-0.2, 0) is 16.0 Å². The number of ether oxygens (including phenoxy) is 2. The summed E-state index contributed by atoms with van der Waals surface area (Å²) in [6.45, 7) is 1.64. The van der Waals surface area contributed by atoms with Gasteiger partial charge in [-0.05, 0) is 37.3 Å². The molecule has 1 fully saturated rings. The van der Waals surface area contributed by atoms with Gasteiger partial charge in [0.05, 0.1) is 13.2 Å². The summed E-state index contributed by atoms with van der Waals surface area (Å²) in [6, 6.07) is 7.86. The van der Waals surface area contributed by atoms with Gasteiger partial charge in [0.1, 0.15) is 5.75 Å². The molecule has 1 aliphatic rings. The average molecular weight is 291 g/mol. The van der Waals surface area contributed by atoms with E-state index in [0.717, 1.165) is 43.7 Å². The maximum absolute atomic E-state index is 12.2. The number of aryl methyl sites for hydroxylation is 1. The Labute approximate surface area is 127 Å². The SMILES string of the molecule is COc1ccccc1CCC(=O)N(C)CCC1CCCO1. The van der Waals surface area contributed by atoms with E-state index in [-0.39, 0.29) is 5.91 Å². The van der Waals surface area contributed by atoms with Gasteiger partial charge in [0, 0.05) is 26.6 Å². The Morgan fingerprint density at radius 2 is 2.24 bits per heavy atom. The van der Waals surface area contributed by atoms with E-state index in [9.17, 15) is 4.79 Å². The molecule has 1 heterocycles. The van der Waals surface area contributed by atoms with Gasteiger partial charge >= 0.3 is 0 Å². The van der Waals surface area contributed by atoms with Gasteiger partial charge in [0.2, 0.25) is 5.91 Å². The van der Waals surface area contributed by atoms with E-state index in [2.05, 4.69) is 0 Å². The van der Waals surface area contributed by atoms with Crippen molar-refractivity contribution in [2.45, 2.75) is 38.2 Å². The lowest BCUT2D eigenvalue weighted by Crippen LogP contribution is -2.30. The third-order valence-electron chi connectivity index (χ3n) is 4.04. The first-order chi connectivity index (χ1) is 10.2. The Kier molecular flexibility index (Phi) is 6.05. The maximum atomic E-state index is 12.2. The van der Waals surface area contributed by atoms with Crippen LogP contribution in [0.2, 0.25) is 0 Å². The van der Waals surface area contributed by atoms with Crippen molar-refractivity contribution in [1.29, 1.82) is 0 Å². The minimum atomic E-state index is 0.180. The zero-order valence-electron chi connectivity index (χ0n) is 13.0. The van der Waals surface area contributed by atoms with E-state index in [4.69, 9.17) is 9.47 Å². The van der Waals surface area contributed by atoms with Crippen molar-refractivity contribution in [2.75, 3.05) is 27.3 Å². The molecule has 4 nitrogen and oxygen atoms in total. The first kappa shape index (κ1) is 15.8. The van der Waals surface area contributed by atoms with Crippen LogP contribution in [0.4, 0.5) is 0 Å². The minimum absolute atomic E-state index is 0.180. The Balaban J connectivity index is 1.75. The van der Waals surface area contributed by atoms with Crippen molar-refractivity contribution in [3.05, 3.63) is 29.8 Å². The van der Waals surface area contributed by atoms with Gasteiger partial charge in [0.15, 0.2) is 0 Å². The standard InChI is InChI=1S/C17H25NO3/c1-18(12-11-15-7-5-13-21-15)17(19)10-9-14-6-3-4-8-16(14)20-2/h3-4,6,8,15H,5,7,9-13H2,1-2H3. The molecule has 0 saturated carbocycles. The van der Waals surface area contributed by atoms with Crippen LogP contribution in [0.3, 0.4) is 0 Å². The number of benzene rings is 1. The number of carbonyl (C=O) groups excluding carboxylic acids is 1. The van der Waals surface area contributed by atoms with Crippen LogP contribution in [-0.4, -0.2) is 44.2 Å². The zero-order chi connectivity index (χ0) is 15.1. The predicted octanol–water partition coefficient (Wildman–Crippen LogP) is 2.66. The Morgan fingerprint density at radius 1 is 1.43 bits per heavy atom. The highest BCUT2D eigenvalue weighted by Crippen LogP contribution is 2.19. The zero-order valence-corrected chi connectivity index (χ0v) is 13.0. The number of rotatable bonds is 7. The third kappa shape index (κ3) is 4.74. The Hall–Kier alpha value is -1.55. The van der Waals surface area contributed by atoms with Gasteiger partial charge < -0.3 is 14.4 Å². The van der Waals surface area contributed by atoms with Crippen LogP contribution in [0, 0.1) is 0 Å². The van der Waals surface area contributed by atoms with Gasteiger partial charge in [-0.3, -0.25) is 4.79 Å². The highest BCUT2D eigenvalue weighted by atomic mass is 16.5. The quantitative estimate of drug-likeness (QED) is 0.775. The summed E-state index contributed by atoms with van der Waals surface area (Å²) >= 11 is 0. The van der Waals surface area contributed by atoms with E-state index < -0.39 is 0 Å². The van der Waals surface area contributed by atoms with Crippen molar-refractivity contribution in [3.8, 4) is 5.75 Å². The van der Waals surface area contributed by atoms with Crippen LogP contribution in [0.25, 0.3) is 0 Å². The topological polar surface area (TPSA) is 38.8 Å². The summed E-state index contributed by atoms with van der Waals surface area (Å²) in [4.78, 5) is 14.0. The molecule has 0 aliphatic carbocycles. The Bertz CT molecular complexity index is 455. The summed E-state index contributed by atoms with van der Waals surface area (Å²) in [6.07, 6.45) is 4.79. The molecule has 1 atom stereocenters. The second-order valence-corrected chi connectivity index (χ2v) is 5.55. The van der Waals surface area contributed by atoms with E-state index in [0.29, 0.717) is 18.9 Å². The minimum Gasteiger partial charge on any atom is -0.496 e. The van der Waals surface area contributed by atoms with Crippen LogP contribution in [0.15, 0.2) is 24.3 Å². The highest BCUT2D eigenvalue weighted by Gasteiger charge is 2.17. The molecule has 0 spiro atoms. The number of hydrogen-bond acceptors (Lipinski definition) is 3. The number of nitrogens with zero attached hydrogens (tertiary/aromatic N) is 1. The third-order valence-corrected chi connectivity index (χ3v) is 4.04. The molecule has 1 unspecified atom stereocenters. The smallest absolute Gasteiger partial charge is 0.222 e. The van der Waals surface area contributed by atoms with Crippen molar-refractivity contribution in [3.63, 3.8) is 0 Å². The molecule has 1 aliphatic heterocycles. The molecule has 1 saturated heterocycles. The molecule has 1 amide bonds. The summed E-state index contributed by atoms with van der Waals surface area (Å²) in [5.41, 5.74) is 1.08. The van der Waals surface area contributed by atoms with Gasteiger partial charge in [0.25, 0.3) is 0 Å². The fourth-order valence-corrected chi connectivity index (χ4v) is 2.68. The van der Waals surface area contributed by atoms with Crippen LogP contribution >= 0.6 is 0 Å². The summed E-state index contributed by atoms with van der Waals surface area (Å²) in [7, 11) is 3.54. The summed E-state index contributed by atoms with van der Waals surface area (Å²) < 4.78 is 10.9. The lowest BCUT2D eigenvalue weighted by atomic mass is 10.1. The molecule has 0 bridgehead atoms. The fourth-order valence-electron chi connectivity index (χ4n) is 2.68. The van der Waals surface area contributed by atoms with E-state index >= 15 is 0 Å². The fraction of sp³-hybridized carbons (Fsp3) is 0.588.